The fourth-order valence-electron chi connectivity index (χ4n) is 4.55. The van der Waals surface area contributed by atoms with Crippen molar-refractivity contribution in [2.75, 3.05) is 26.2 Å². The van der Waals surface area contributed by atoms with E-state index in [1.165, 1.54) is 5.56 Å². The van der Waals surface area contributed by atoms with Crippen LogP contribution in [0.25, 0.3) is 11.0 Å². The second-order valence-electron chi connectivity index (χ2n) is 7.85. The molecular weight excluding hydrogens is 360 g/mol. The third kappa shape index (κ3) is 3.32. The van der Waals surface area contributed by atoms with Crippen LogP contribution in [0.3, 0.4) is 0 Å². The number of hydrogen-bond acceptors (Lipinski definition) is 4. The fraction of sp³-hybridized carbons (Fsp3) is 0.550. The lowest BCUT2D eigenvalue weighted by molar-refractivity contribution is -0.138. The van der Waals surface area contributed by atoms with Crippen molar-refractivity contribution in [3.05, 3.63) is 34.2 Å². The van der Waals surface area contributed by atoms with Gasteiger partial charge in [-0.2, -0.15) is 0 Å². The number of nitrogens with one attached hydrogen (secondary N) is 1. The minimum atomic E-state index is -0.789. The van der Waals surface area contributed by atoms with Gasteiger partial charge in [-0.25, -0.2) is 4.79 Å². The quantitative estimate of drug-likeness (QED) is 0.819. The van der Waals surface area contributed by atoms with Gasteiger partial charge in [0.1, 0.15) is 6.04 Å². The molecule has 1 aromatic carbocycles. The minimum Gasteiger partial charge on any atom is -0.480 e. The number of aromatic nitrogens is 2. The lowest BCUT2D eigenvalue weighted by atomic mass is 9.89. The summed E-state index contributed by atoms with van der Waals surface area (Å²) in [5.74, 6) is -0.524. The summed E-state index contributed by atoms with van der Waals surface area (Å²) in [5.41, 5.74) is 2.64. The van der Waals surface area contributed by atoms with Crippen molar-refractivity contribution in [2.45, 2.75) is 37.6 Å². The molecule has 0 spiro atoms. The van der Waals surface area contributed by atoms with Gasteiger partial charge in [0.2, 0.25) is 5.91 Å². The zero-order chi connectivity index (χ0) is 19.8. The molecule has 1 aromatic heterocycles. The van der Waals surface area contributed by atoms with Crippen molar-refractivity contribution in [3.8, 4) is 0 Å². The van der Waals surface area contributed by atoms with Crippen LogP contribution in [0.2, 0.25) is 0 Å². The Bertz CT molecular complexity index is 968. The molecule has 2 aromatic rings. The molecule has 2 fully saturated rings. The molecule has 150 valence electrons. The maximum Gasteiger partial charge on any atom is 0.329 e. The van der Waals surface area contributed by atoms with Crippen LogP contribution in [0.4, 0.5) is 0 Å². The van der Waals surface area contributed by atoms with Crippen LogP contribution in [0.1, 0.15) is 43.2 Å². The normalized spacial score (nSPS) is 21.8. The number of carbonyl (C=O) groups excluding carboxylic acids is 1. The Morgan fingerprint density at radius 2 is 1.93 bits per heavy atom. The van der Waals surface area contributed by atoms with E-state index >= 15 is 0 Å². The van der Waals surface area contributed by atoms with Crippen molar-refractivity contribution in [3.63, 3.8) is 0 Å². The monoisotopic (exact) mass is 386 g/mol. The molecule has 3 heterocycles. The lowest BCUT2D eigenvalue weighted by Crippen LogP contribution is -2.41. The Labute approximate surface area is 162 Å². The van der Waals surface area contributed by atoms with Crippen LogP contribution in [0.5, 0.6) is 0 Å². The average Bonchev–Trinajstić information content (AvgIpc) is 2.93. The molecule has 1 unspecified atom stereocenters. The van der Waals surface area contributed by atoms with Crippen molar-refractivity contribution in [1.29, 1.82) is 0 Å². The zero-order valence-corrected chi connectivity index (χ0v) is 16.1. The van der Waals surface area contributed by atoms with Crippen LogP contribution in [0, 0.1) is 0 Å². The number of rotatable bonds is 4. The summed E-state index contributed by atoms with van der Waals surface area (Å²) in [4.78, 5) is 38.0. The Balaban J connectivity index is 1.62. The van der Waals surface area contributed by atoms with Crippen molar-refractivity contribution < 1.29 is 14.7 Å². The molecule has 0 aliphatic carbocycles. The highest BCUT2D eigenvalue weighted by Gasteiger charge is 2.28. The number of amides is 1. The van der Waals surface area contributed by atoms with Crippen LogP contribution >= 0.6 is 0 Å². The van der Waals surface area contributed by atoms with E-state index in [9.17, 15) is 14.4 Å². The number of benzene rings is 1. The Hall–Kier alpha value is -2.61. The molecule has 0 bridgehead atoms. The van der Waals surface area contributed by atoms with Gasteiger partial charge in [0.05, 0.1) is 17.6 Å². The Morgan fingerprint density at radius 1 is 1.18 bits per heavy atom. The topological polar surface area (TPSA) is 96.6 Å². The highest BCUT2D eigenvalue weighted by atomic mass is 16.4. The van der Waals surface area contributed by atoms with Gasteiger partial charge in [-0.1, -0.05) is 6.07 Å². The van der Waals surface area contributed by atoms with E-state index in [1.807, 2.05) is 11.0 Å². The van der Waals surface area contributed by atoms with Gasteiger partial charge in [-0.15, -0.1) is 0 Å². The molecule has 2 saturated heterocycles. The summed E-state index contributed by atoms with van der Waals surface area (Å²) in [7, 11) is 1.75. The predicted molar refractivity (Wildman–Crippen MR) is 105 cm³/mol. The van der Waals surface area contributed by atoms with E-state index in [0.717, 1.165) is 43.4 Å². The number of nitrogens with zero attached hydrogens (tertiary/aromatic N) is 3. The Kier molecular flexibility index (Phi) is 4.97. The van der Waals surface area contributed by atoms with Crippen molar-refractivity contribution >= 4 is 22.9 Å². The molecular formula is C20H26N4O4. The first-order valence-electron chi connectivity index (χ1n) is 9.88. The number of carboxylic acids is 1. The number of aliphatic carboxylic acids is 1. The second kappa shape index (κ2) is 7.43. The van der Waals surface area contributed by atoms with E-state index in [0.29, 0.717) is 18.9 Å². The first kappa shape index (κ1) is 18.7. The third-order valence-corrected chi connectivity index (χ3v) is 6.10. The molecule has 8 heteroatoms. The second-order valence-corrected chi connectivity index (χ2v) is 7.85. The highest BCUT2D eigenvalue weighted by Crippen LogP contribution is 2.31. The molecule has 0 radical (unpaired) electrons. The molecule has 2 N–H and O–H groups in total. The minimum absolute atomic E-state index is 0.0873. The summed E-state index contributed by atoms with van der Waals surface area (Å²) >= 11 is 0. The largest absolute Gasteiger partial charge is 0.480 e. The molecule has 0 saturated carbocycles. The molecule has 4 rings (SSSR count). The molecule has 2 aliphatic rings. The molecule has 8 nitrogen and oxygen atoms in total. The van der Waals surface area contributed by atoms with Gasteiger partial charge >= 0.3 is 11.7 Å². The molecule has 28 heavy (non-hydrogen) atoms. The first-order chi connectivity index (χ1) is 13.5. The number of aryl methyl sites for hydroxylation is 1. The SMILES string of the molecule is Cn1c(=O)n(C2CCCNC2=O)c2ccc(C3CCN(CC(=O)O)CC3)cc21. The third-order valence-electron chi connectivity index (χ3n) is 6.10. The molecule has 1 atom stereocenters. The summed E-state index contributed by atoms with van der Waals surface area (Å²) in [6.07, 6.45) is 3.35. The standard InChI is InChI=1S/C20H26N4O4/c1-22-17-11-14(13-6-9-23(10-7-13)12-18(25)26)4-5-15(17)24(20(22)28)16-3-2-8-21-19(16)27/h4-5,11,13,16H,2-3,6-10,12H2,1H3,(H,21,27)(H,25,26). The number of hydrogen-bond donors (Lipinski definition) is 2. The van der Waals surface area contributed by atoms with Gasteiger partial charge in [0.25, 0.3) is 0 Å². The van der Waals surface area contributed by atoms with Gasteiger partial charge in [0.15, 0.2) is 0 Å². The molecule has 1 amide bonds. The smallest absolute Gasteiger partial charge is 0.329 e. The summed E-state index contributed by atoms with van der Waals surface area (Å²) in [5, 5.41) is 11.8. The van der Waals surface area contributed by atoms with E-state index in [1.54, 1.807) is 16.2 Å². The number of imidazole rings is 1. The molecule has 2 aliphatic heterocycles. The van der Waals surface area contributed by atoms with Crippen molar-refractivity contribution in [1.82, 2.24) is 19.4 Å². The van der Waals surface area contributed by atoms with Crippen LogP contribution < -0.4 is 11.0 Å². The predicted octanol–water partition coefficient (Wildman–Crippen LogP) is 1.06. The van der Waals surface area contributed by atoms with Gasteiger partial charge in [0, 0.05) is 13.6 Å². The maximum absolute atomic E-state index is 12.8. The van der Waals surface area contributed by atoms with Crippen LogP contribution in [0.15, 0.2) is 23.0 Å². The van der Waals surface area contributed by atoms with Crippen LogP contribution in [-0.2, 0) is 16.6 Å². The Morgan fingerprint density at radius 3 is 2.61 bits per heavy atom. The first-order valence-corrected chi connectivity index (χ1v) is 9.88. The summed E-state index contributed by atoms with van der Waals surface area (Å²) in [6.45, 7) is 2.28. The van der Waals surface area contributed by atoms with E-state index in [-0.39, 0.29) is 18.1 Å². The number of likely N-dealkylation sites (tertiary alicyclic amines) is 1. The number of carboxylic acid groups (broad SMARTS) is 1. The number of piperidine rings is 2. The maximum atomic E-state index is 12.8. The van der Waals surface area contributed by atoms with E-state index in [2.05, 4.69) is 17.4 Å². The highest BCUT2D eigenvalue weighted by molar-refractivity contribution is 5.85. The summed E-state index contributed by atoms with van der Waals surface area (Å²) < 4.78 is 3.25. The number of fused-ring (bicyclic) bond motifs is 1. The van der Waals surface area contributed by atoms with Gasteiger partial charge < -0.3 is 10.4 Å². The summed E-state index contributed by atoms with van der Waals surface area (Å²) in [6, 6.07) is 5.62. The van der Waals surface area contributed by atoms with Crippen molar-refractivity contribution in [2.24, 2.45) is 7.05 Å². The zero-order valence-electron chi connectivity index (χ0n) is 16.1. The van der Waals surface area contributed by atoms with Gasteiger partial charge in [-0.05, 0) is 62.4 Å². The lowest BCUT2D eigenvalue weighted by Gasteiger charge is -2.31. The van der Waals surface area contributed by atoms with Gasteiger partial charge in [-0.3, -0.25) is 23.6 Å². The van der Waals surface area contributed by atoms with E-state index in [4.69, 9.17) is 5.11 Å². The number of carbonyl (C=O) groups is 2. The van der Waals surface area contributed by atoms with E-state index < -0.39 is 12.0 Å². The fourth-order valence-corrected chi connectivity index (χ4v) is 4.55. The average molecular weight is 386 g/mol. The van der Waals surface area contributed by atoms with Crippen LogP contribution in [-0.4, -0.2) is 57.2 Å².